The number of aromatic nitrogens is 3. The number of hydrogen-bond acceptors (Lipinski definition) is 6. The van der Waals surface area contributed by atoms with E-state index in [1.807, 2.05) is 24.7 Å². The topological polar surface area (TPSA) is 57.2 Å². The molecule has 6 nitrogen and oxygen atoms in total. The Labute approximate surface area is 160 Å². The highest BCUT2D eigenvalue weighted by atomic mass is 15.3. The van der Waals surface area contributed by atoms with E-state index in [0.29, 0.717) is 0 Å². The molecule has 3 heterocycles. The largest absolute Gasteiger partial charge is 0.384 e. The van der Waals surface area contributed by atoms with Gasteiger partial charge in [-0.05, 0) is 44.2 Å². The first kappa shape index (κ1) is 17.7. The monoisotopic (exact) mass is 362 g/mol. The third-order valence-electron chi connectivity index (χ3n) is 5.07. The molecule has 1 aliphatic rings. The fourth-order valence-electron chi connectivity index (χ4n) is 3.57. The van der Waals surface area contributed by atoms with E-state index in [4.69, 9.17) is 0 Å². The highest BCUT2D eigenvalue weighted by molar-refractivity contribution is 5.91. The average Bonchev–Trinajstić information content (AvgIpc) is 2.72. The first-order valence-electron chi connectivity index (χ1n) is 9.63. The molecule has 0 amide bonds. The van der Waals surface area contributed by atoms with Crippen molar-refractivity contribution in [1.82, 2.24) is 19.9 Å². The lowest BCUT2D eigenvalue weighted by molar-refractivity contribution is 0.256. The summed E-state index contributed by atoms with van der Waals surface area (Å²) in [5.74, 6) is 0.846. The molecule has 1 aliphatic heterocycles. The Morgan fingerprint density at radius 2 is 1.78 bits per heavy atom. The SMILES string of the molecule is Cc1ccc2nccc(NCCCN3CCN(c4ncccn4)CC3)c2c1. The molecule has 1 N–H and O–H groups in total. The zero-order chi connectivity index (χ0) is 18.5. The Kier molecular flexibility index (Phi) is 5.44. The lowest BCUT2D eigenvalue weighted by Gasteiger charge is -2.34. The number of rotatable bonds is 6. The number of hydrogen-bond donors (Lipinski definition) is 1. The summed E-state index contributed by atoms with van der Waals surface area (Å²) in [5.41, 5.74) is 3.48. The van der Waals surface area contributed by atoms with Crippen LogP contribution >= 0.6 is 0 Å². The van der Waals surface area contributed by atoms with E-state index in [9.17, 15) is 0 Å². The first-order valence-corrected chi connectivity index (χ1v) is 9.63. The molecule has 0 spiro atoms. The minimum atomic E-state index is 0.846. The number of benzene rings is 1. The summed E-state index contributed by atoms with van der Waals surface area (Å²) in [5, 5.41) is 4.79. The second-order valence-corrected chi connectivity index (χ2v) is 7.04. The summed E-state index contributed by atoms with van der Waals surface area (Å²) in [7, 11) is 0. The van der Waals surface area contributed by atoms with Crippen LogP contribution in [-0.4, -0.2) is 59.1 Å². The Morgan fingerprint density at radius 1 is 0.963 bits per heavy atom. The van der Waals surface area contributed by atoms with Gasteiger partial charge in [0.2, 0.25) is 5.95 Å². The zero-order valence-corrected chi connectivity index (χ0v) is 15.8. The minimum Gasteiger partial charge on any atom is -0.384 e. The number of piperazine rings is 1. The molecule has 1 fully saturated rings. The molecule has 0 unspecified atom stereocenters. The molecule has 1 aromatic carbocycles. The molecule has 0 saturated carbocycles. The Bertz CT molecular complexity index is 874. The van der Waals surface area contributed by atoms with Crippen LogP contribution in [-0.2, 0) is 0 Å². The van der Waals surface area contributed by atoms with Crippen LogP contribution in [0.2, 0.25) is 0 Å². The Balaban J connectivity index is 1.24. The standard InChI is InChI=1S/C21H26N6/c1-17-4-5-19-18(16-17)20(6-10-23-19)22-9-3-11-26-12-14-27(15-13-26)21-24-7-2-8-25-21/h2,4-8,10,16H,3,9,11-15H2,1H3,(H,22,23). The van der Waals surface area contributed by atoms with Gasteiger partial charge >= 0.3 is 0 Å². The average molecular weight is 362 g/mol. The van der Waals surface area contributed by atoms with Crippen molar-refractivity contribution in [1.29, 1.82) is 0 Å². The molecule has 2 aromatic heterocycles. The number of aryl methyl sites for hydroxylation is 1. The molecular formula is C21H26N6. The summed E-state index contributed by atoms with van der Waals surface area (Å²) < 4.78 is 0. The van der Waals surface area contributed by atoms with Crippen molar-refractivity contribution in [3.63, 3.8) is 0 Å². The number of pyridine rings is 1. The lowest BCUT2D eigenvalue weighted by atomic mass is 10.1. The molecule has 27 heavy (non-hydrogen) atoms. The molecule has 4 rings (SSSR count). The quantitative estimate of drug-likeness (QED) is 0.681. The van der Waals surface area contributed by atoms with E-state index in [1.165, 1.54) is 16.6 Å². The zero-order valence-electron chi connectivity index (χ0n) is 15.8. The summed E-state index contributed by atoms with van der Waals surface area (Å²) in [6.45, 7) is 8.31. The molecular weight excluding hydrogens is 336 g/mol. The van der Waals surface area contributed by atoms with Gasteiger partial charge in [0, 0.05) is 62.4 Å². The highest BCUT2D eigenvalue weighted by Gasteiger charge is 2.18. The third-order valence-corrected chi connectivity index (χ3v) is 5.07. The van der Waals surface area contributed by atoms with E-state index in [2.05, 4.69) is 61.3 Å². The van der Waals surface area contributed by atoms with Gasteiger partial charge in [-0.3, -0.25) is 9.88 Å². The summed E-state index contributed by atoms with van der Waals surface area (Å²) >= 11 is 0. The van der Waals surface area contributed by atoms with Crippen LogP contribution in [0, 0.1) is 6.92 Å². The number of nitrogens with one attached hydrogen (secondary N) is 1. The van der Waals surface area contributed by atoms with Crippen LogP contribution in [0.1, 0.15) is 12.0 Å². The van der Waals surface area contributed by atoms with Crippen LogP contribution in [0.5, 0.6) is 0 Å². The van der Waals surface area contributed by atoms with Crippen molar-refractivity contribution in [3.8, 4) is 0 Å². The van der Waals surface area contributed by atoms with E-state index >= 15 is 0 Å². The van der Waals surface area contributed by atoms with E-state index < -0.39 is 0 Å². The smallest absolute Gasteiger partial charge is 0.225 e. The van der Waals surface area contributed by atoms with Crippen LogP contribution in [0.3, 0.4) is 0 Å². The lowest BCUT2D eigenvalue weighted by Crippen LogP contribution is -2.47. The molecule has 0 radical (unpaired) electrons. The van der Waals surface area contributed by atoms with Crippen molar-refractivity contribution >= 4 is 22.5 Å². The molecule has 140 valence electrons. The number of fused-ring (bicyclic) bond motifs is 1. The molecule has 1 saturated heterocycles. The van der Waals surface area contributed by atoms with Crippen molar-refractivity contribution in [2.75, 3.05) is 49.5 Å². The Hall–Kier alpha value is -2.73. The number of nitrogens with zero attached hydrogens (tertiary/aromatic N) is 5. The van der Waals surface area contributed by atoms with Gasteiger partial charge in [0.15, 0.2) is 0 Å². The van der Waals surface area contributed by atoms with Crippen LogP contribution in [0.15, 0.2) is 48.9 Å². The van der Waals surface area contributed by atoms with Crippen LogP contribution < -0.4 is 10.2 Å². The van der Waals surface area contributed by atoms with Gasteiger partial charge in [0.25, 0.3) is 0 Å². The maximum absolute atomic E-state index is 4.45. The maximum atomic E-state index is 4.45. The summed E-state index contributed by atoms with van der Waals surface area (Å²) in [6, 6.07) is 10.3. The van der Waals surface area contributed by atoms with E-state index in [0.717, 1.165) is 57.2 Å². The van der Waals surface area contributed by atoms with Gasteiger partial charge in [-0.1, -0.05) is 11.6 Å². The van der Waals surface area contributed by atoms with E-state index in [1.54, 1.807) is 0 Å². The molecule has 0 bridgehead atoms. The first-order chi connectivity index (χ1) is 13.3. The van der Waals surface area contributed by atoms with Gasteiger partial charge < -0.3 is 10.2 Å². The fraction of sp³-hybridized carbons (Fsp3) is 0.381. The Morgan fingerprint density at radius 3 is 2.59 bits per heavy atom. The molecule has 0 atom stereocenters. The normalized spacial score (nSPS) is 15.2. The predicted octanol–water partition coefficient (Wildman–Crippen LogP) is 2.96. The summed E-state index contributed by atoms with van der Waals surface area (Å²) in [4.78, 5) is 17.9. The van der Waals surface area contributed by atoms with Gasteiger partial charge in [-0.15, -0.1) is 0 Å². The fourth-order valence-corrected chi connectivity index (χ4v) is 3.57. The minimum absolute atomic E-state index is 0.846. The molecule has 6 heteroatoms. The molecule has 3 aromatic rings. The van der Waals surface area contributed by atoms with Crippen molar-refractivity contribution in [3.05, 3.63) is 54.5 Å². The second kappa shape index (κ2) is 8.31. The van der Waals surface area contributed by atoms with Crippen molar-refractivity contribution in [2.24, 2.45) is 0 Å². The predicted molar refractivity (Wildman–Crippen MR) is 110 cm³/mol. The van der Waals surface area contributed by atoms with Gasteiger partial charge in [-0.25, -0.2) is 9.97 Å². The maximum Gasteiger partial charge on any atom is 0.225 e. The van der Waals surface area contributed by atoms with Crippen LogP contribution in [0.4, 0.5) is 11.6 Å². The van der Waals surface area contributed by atoms with Gasteiger partial charge in [0.05, 0.1) is 5.52 Å². The highest BCUT2D eigenvalue weighted by Crippen LogP contribution is 2.22. The van der Waals surface area contributed by atoms with E-state index in [-0.39, 0.29) is 0 Å². The summed E-state index contributed by atoms with van der Waals surface area (Å²) in [6.07, 6.45) is 6.62. The second-order valence-electron chi connectivity index (χ2n) is 7.04. The van der Waals surface area contributed by atoms with Crippen molar-refractivity contribution in [2.45, 2.75) is 13.3 Å². The van der Waals surface area contributed by atoms with Gasteiger partial charge in [-0.2, -0.15) is 0 Å². The van der Waals surface area contributed by atoms with Crippen LogP contribution in [0.25, 0.3) is 10.9 Å². The van der Waals surface area contributed by atoms with Crippen molar-refractivity contribution < 1.29 is 0 Å². The third kappa shape index (κ3) is 4.34. The number of anilines is 2. The van der Waals surface area contributed by atoms with Gasteiger partial charge in [0.1, 0.15) is 0 Å². The molecule has 0 aliphatic carbocycles.